The van der Waals surface area contributed by atoms with Crippen molar-refractivity contribution < 1.29 is 9.53 Å². The summed E-state index contributed by atoms with van der Waals surface area (Å²) < 4.78 is 7.47. The number of fused-ring (bicyclic) bond motifs is 1. The van der Waals surface area contributed by atoms with Crippen LogP contribution in [0.25, 0.3) is 11.0 Å². The molecule has 5 nitrogen and oxygen atoms in total. The van der Waals surface area contributed by atoms with Gasteiger partial charge in [0.15, 0.2) is 0 Å². The largest absolute Gasteiger partial charge is 0.497 e. The van der Waals surface area contributed by atoms with E-state index in [-0.39, 0.29) is 11.9 Å². The number of carbonyl (C=O) groups excluding carboxylic acids is 1. The second-order valence-corrected chi connectivity index (χ2v) is 7.65. The molecule has 2 aromatic carbocycles. The molecule has 1 N–H and O–H groups in total. The maximum absolute atomic E-state index is 12.9. The van der Waals surface area contributed by atoms with Crippen molar-refractivity contribution >= 4 is 16.9 Å². The van der Waals surface area contributed by atoms with Gasteiger partial charge in [0, 0.05) is 11.6 Å². The SMILES string of the molecule is COc1ccc([C@@H](NC(=O)c2ccc3c(c2)ncn3C2CC2)C2CC2)cc1. The van der Waals surface area contributed by atoms with Gasteiger partial charge in [0.25, 0.3) is 5.91 Å². The Morgan fingerprint density at radius 3 is 2.59 bits per heavy atom. The second-order valence-electron chi connectivity index (χ2n) is 7.65. The number of carbonyl (C=O) groups is 1. The zero-order valence-electron chi connectivity index (χ0n) is 15.4. The Hall–Kier alpha value is -2.82. The zero-order valence-corrected chi connectivity index (χ0v) is 15.4. The highest BCUT2D eigenvalue weighted by atomic mass is 16.5. The topological polar surface area (TPSA) is 56.1 Å². The summed E-state index contributed by atoms with van der Waals surface area (Å²) in [7, 11) is 1.66. The van der Waals surface area contributed by atoms with Crippen LogP contribution in [0.5, 0.6) is 5.75 Å². The highest BCUT2D eigenvalue weighted by Gasteiger charge is 2.33. The number of benzene rings is 2. The Morgan fingerprint density at radius 2 is 1.93 bits per heavy atom. The third-order valence-electron chi connectivity index (χ3n) is 5.63. The van der Waals surface area contributed by atoms with Gasteiger partial charge >= 0.3 is 0 Å². The summed E-state index contributed by atoms with van der Waals surface area (Å²) >= 11 is 0. The predicted octanol–water partition coefficient (Wildman–Crippen LogP) is 4.26. The van der Waals surface area contributed by atoms with E-state index in [1.165, 1.54) is 12.8 Å². The average molecular weight is 361 g/mol. The van der Waals surface area contributed by atoms with Crippen LogP contribution in [-0.4, -0.2) is 22.6 Å². The first-order valence-electron chi connectivity index (χ1n) is 9.64. The molecule has 0 radical (unpaired) electrons. The lowest BCUT2D eigenvalue weighted by molar-refractivity contribution is 0.0932. The molecule has 2 saturated carbocycles. The summed E-state index contributed by atoms with van der Waals surface area (Å²) in [5.41, 5.74) is 3.80. The van der Waals surface area contributed by atoms with Crippen molar-refractivity contribution in [1.82, 2.24) is 14.9 Å². The fourth-order valence-corrected chi connectivity index (χ4v) is 3.76. The predicted molar refractivity (Wildman–Crippen MR) is 104 cm³/mol. The molecule has 0 saturated heterocycles. The normalized spacial score (nSPS) is 17.7. The average Bonchev–Trinajstić information content (AvgIpc) is 3.64. The van der Waals surface area contributed by atoms with Gasteiger partial charge in [-0.25, -0.2) is 4.98 Å². The van der Waals surface area contributed by atoms with Crippen LogP contribution in [-0.2, 0) is 0 Å². The molecule has 2 fully saturated rings. The van der Waals surface area contributed by atoms with Crippen LogP contribution in [0.3, 0.4) is 0 Å². The van der Waals surface area contributed by atoms with E-state index in [1.807, 2.05) is 48.8 Å². The third kappa shape index (κ3) is 3.18. The van der Waals surface area contributed by atoms with Crippen LogP contribution >= 0.6 is 0 Å². The fraction of sp³-hybridized carbons (Fsp3) is 0.364. The van der Waals surface area contributed by atoms with E-state index in [0.29, 0.717) is 17.5 Å². The van der Waals surface area contributed by atoms with Gasteiger partial charge in [-0.3, -0.25) is 4.79 Å². The number of amides is 1. The monoisotopic (exact) mass is 361 g/mol. The van der Waals surface area contributed by atoms with Gasteiger partial charge in [0.05, 0.1) is 30.5 Å². The van der Waals surface area contributed by atoms with Crippen molar-refractivity contribution in [2.45, 2.75) is 37.8 Å². The first kappa shape index (κ1) is 16.4. The number of hydrogen-bond donors (Lipinski definition) is 1. The van der Waals surface area contributed by atoms with Gasteiger partial charge < -0.3 is 14.6 Å². The van der Waals surface area contributed by atoms with E-state index >= 15 is 0 Å². The molecular weight excluding hydrogens is 338 g/mol. The van der Waals surface area contributed by atoms with Crippen molar-refractivity contribution in [3.8, 4) is 5.75 Å². The van der Waals surface area contributed by atoms with Gasteiger partial charge in [0.1, 0.15) is 5.75 Å². The minimum atomic E-state index is -0.0365. The molecule has 0 bridgehead atoms. The molecular formula is C22H23N3O2. The molecule has 1 aromatic heterocycles. The molecule has 0 aliphatic heterocycles. The Labute approximate surface area is 158 Å². The first-order valence-corrected chi connectivity index (χ1v) is 9.64. The molecule has 0 unspecified atom stereocenters. The second kappa shape index (κ2) is 6.41. The molecule has 5 rings (SSSR count). The van der Waals surface area contributed by atoms with Gasteiger partial charge in [-0.2, -0.15) is 0 Å². The highest BCUT2D eigenvalue weighted by molar-refractivity contribution is 5.97. The summed E-state index contributed by atoms with van der Waals surface area (Å²) in [4.78, 5) is 17.4. The van der Waals surface area contributed by atoms with Crippen molar-refractivity contribution in [2.75, 3.05) is 7.11 Å². The van der Waals surface area contributed by atoms with Crippen LogP contribution in [0.2, 0.25) is 0 Å². The smallest absolute Gasteiger partial charge is 0.251 e. The van der Waals surface area contributed by atoms with Crippen molar-refractivity contribution in [3.63, 3.8) is 0 Å². The number of ether oxygens (including phenoxy) is 1. The lowest BCUT2D eigenvalue weighted by atomic mass is 10.0. The summed E-state index contributed by atoms with van der Waals surface area (Å²) in [5.74, 6) is 1.31. The fourth-order valence-electron chi connectivity index (χ4n) is 3.76. The van der Waals surface area contributed by atoms with Gasteiger partial charge in [-0.15, -0.1) is 0 Å². The maximum Gasteiger partial charge on any atom is 0.251 e. The molecule has 5 heteroatoms. The van der Waals surface area contributed by atoms with E-state index in [9.17, 15) is 4.79 Å². The molecule has 138 valence electrons. The van der Waals surface area contributed by atoms with E-state index in [1.54, 1.807) is 7.11 Å². The lowest BCUT2D eigenvalue weighted by Gasteiger charge is -2.19. The lowest BCUT2D eigenvalue weighted by Crippen LogP contribution is -2.29. The van der Waals surface area contributed by atoms with Crippen LogP contribution in [0, 0.1) is 5.92 Å². The van der Waals surface area contributed by atoms with Crippen LogP contribution < -0.4 is 10.1 Å². The zero-order chi connectivity index (χ0) is 18.4. The third-order valence-corrected chi connectivity index (χ3v) is 5.63. The van der Waals surface area contributed by atoms with Crippen molar-refractivity contribution in [1.29, 1.82) is 0 Å². The molecule has 27 heavy (non-hydrogen) atoms. The number of nitrogens with zero attached hydrogens (tertiary/aromatic N) is 2. The minimum Gasteiger partial charge on any atom is -0.497 e. The van der Waals surface area contributed by atoms with Gasteiger partial charge in [-0.05, 0) is 67.5 Å². The Morgan fingerprint density at radius 1 is 1.15 bits per heavy atom. The molecule has 3 aromatic rings. The number of methoxy groups -OCH3 is 1. The Balaban J connectivity index is 1.38. The standard InChI is InChI=1S/C22H23N3O2/c1-27-18-9-4-15(5-10-18)21(14-2-3-14)24-22(26)16-6-11-20-19(12-16)23-13-25(20)17-7-8-17/h4-6,9-14,17,21H,2-3,7-8H2,1H3,(H,24,26)/t21-/m0/s1. The number of aromatic nitrogens is 2. The molecule has 1 atom stereocenters. The van der Waals surface area contributed by atoms with Gasteiger partial charge in [0.2, 0.25) is 0 Å². The number of hydrogen-bond acceptors (Lipinski definition) is 3. The summed E-state index contributed by atoms with van der Waals surface area (Å²) in [5, 5.41) is 3.24. The first-order chi connectivity index (χ1) is 13.2. The molecule has 1 amide bonds. The van der Waals surface area contributed by atoms with Crippen LogP contribution in [0.15, 0.2) is 48.8 Å². The molecule has 1 heterocycles. The Bertz CT molecular complexity index is 984. The molecule has 2 aliphatic carbocycles. The minimum absolute atomic E-state index is 0.0365. The van der Waals surface area contributed by atoms with Crippen molar-refractivity contribution in [2.24, 2.45) is 5.92 Å². The van der Waals surface area contributed by atoms with Crippen LogP contribution in [0.1, 0.15) is 53.7 Å². The van der Waals surface area contributed by atoms with E-state index in [2.05, 4.69) is 14.9 Å². The number of imidazole rings is 1. The van der Waals surface area contributed by atoms with E-state index < -0.39 is 0 Å². The number of nitrogens with one attached hydrogen (secondary N) is 1. The van der Waals surface area contributed by atoms with Gasteiger partial charge in [-0.1, -0.05) is 12.1 Å². The maximum atomic E-state index is 12.9. The van der Waals surface area contributed by atoms with E-state index in [4.69, 9.17) is 4.74 Å². The summed E-state index contributed by atoms with van der Waals surface area (Å²) in [6.45, 7) is 0. The highest BCUT2D eigenvalue weighted by Crippen LogP contribution is 2.41. The van der Waals surface area contributed by atoms with Crippen LogP contribution in [0.4, 0.5) is 0 Å². The molecule has 0 spiro atoms. The van der Waals surface area contributed by atoms with Crippen molar-refractivity contribution in [3.05, 3.63) is 59.9 Å². The summed E-state index contributed by atoms with van der Waals surface area (Å²) in [6.07, 6.45) is 6.65. The quantitative estimate of drug-likeness (QED) is 0.714. The summed E-state index contributed by atoms with van der Waals surface area (Å²) in [6, 6.07) is 14.5. The molecule has 2 aliphatic rings. The Kier molecular flexibility index (Phi) is 3.88. The van der Waals surface area contributed by atoms with E-state index in [0.717, 1.165) is 35.2 Å². The number of rotatable bonds is 6.